The van der Waals surface area contributed by atoms with Gasteiger partial charge in [0.25, 0.3) is 11.8 Å². The van der Waals surface area contributed by atoms with E-state index in [1.807, 2.05) is 36.5 Å². The highest BCUT2D eigenvalue weighted by atomic mass is 35.5. The molecule has 7 heterocycles. The van der Waals surface area contributed by atoms with E-state index in [2.05, 4.69) is 31.5 Å². The molecule has 1 atom stereocenters. The second-order valence-electron chi connectivity index (χ2n) is 15.2. The summed E-state index contributed by atoms with van der Waals surface area (Å²) in [5.41, 5.74) is 11.9. The van der Waals surface area contributed by atoms with Crippen molar-refractivity contribution in [3.8, 4) is 11.3 Å². The number of fused-ring (bicyclic) bond motifs is 2. The van der Waals surface area contributed by atoms with Crippen LogP contribution in [0.25, 0.3) is 16.9 Å². The molecule has 0 saturated carbocycles. The van der Waals surface area contributed by atoms with Crippen LogP contribution < -0.4 is 26.2 Å². The molecule has 1 spiro atoms. The van der Waals surface area contributed by atoms with Crippen LogP contribution in [0.15, 0.2) is 67.0 Å². The van der Waals surface area contributed by atoms with Gasteiger partial charge in [0.1, 0.15) is 5.69 Å². The quantitative estimate of drug-likeness (QED) is 0.180. The maximum Gasteiger partial charge on any atom is 0.273 e. The van der Waals surface area contributed by atoms with Crippen molar-refractivity contribution in [1.29, 1.82) is 0 Å². The van der Waals surface area contributed by atoms with Crippen LogP contribution in [-0.4, -0.2) is 87.9 Å². The molecule has 288 valence electrons. The first-order chi connectivity index (χ1) is 26.9. The van der Waals surface area contributed by atoms with Crippen LogP contribution >= 0.6 is 11.6 Å². The number of piperidine rings is 2. The van der Waals surface area contributed by atoms with E-state index in [1.165, 1.54) is 10.7 Å². The van der Waals surface area contributed by atoms with Crippen LogP contribution in [0.5, 0.6) is 0 Å². The van der Waals surface area contributed by atoms with E-state index >= 15 is 8.78 Å². The molecule has 4 N–H and O–H groups in total. The van der Waals surface area contributed by atoms with Gasteiger partial charge in [0, 0.05) is 80.4 Å². The number of halogens is 3. The zero-order valence-corrected chi connectivity index (χ0v) is 31.3. The molecule has 3 amide bonds. The van der Waals surface area contributed by atoms with Crippen molar-refractivity contribution in [3.63, 3.8) is 0 Å². The van der Waals surface area contributed by atoms with E-state index in [-0.39, 0.29) is 31.1 Å². The number of nitrogens with zero attached hydrogens (tertiary/aromatic N) is 7. The standard InChI is InChI=1S/C40H39ClF2N10O3/c1-45-31-16-34(49-53-33(36(44)55)18-47-37(31)53)52-13-11-26-25(3-2-4-32(26)52)30-9-5-23(17-46-30)19-50-20-39(21-50)12-14-51(22-40(39,42)43)24-6-8-29(41)28(15-24)27-7-10-35(54)48-38(27)56/h2-6,8-9,15-18,27,45H,7,10-14,19-22H2,1H3,(H2,44,55)(H,48,54,56). The summed E-state index contributed by atoms with van der Waals surface area (Å²) in [5, 5.41) is 10.6. The molecule has 13 nitrogen and oxygen atoms in total. The van der Waals surface area contributed by atoms with Crippen molar-refractivity contribution < 1.29 is 23.2 Å². The largest absolute Gasteiger partial charge is 0.385 e. The van der Waals surface area contributed by atoms with Crippen LogP contribution in [-0.2, 0) is 22.6 Å². The number of aromatic nitrogens is 4. The summed E-state index contributed by atoms with van der Waals surface area (Å²) in [5.74, 6) is -4.23. The lowest BCUT2D eigenvalue weighted by molar-refractivity contribution is -0.199. The summed E-state index contributed by atoms with van der Waals surface area (Å²) in [6.45, 7) is 1.80. The Kier molecular flexibility index (Phi) is 8.69. The van der Waals surface area contributed by atoms with Crippen molar-refractivity contribution in [1.82, 2.24) is 29.8 Å². The van der Waals surface area contributed by atoms with Crippen LogP contribution in [0.1, 0.15) is 52.4 Å². The molecule has 3 saturated heterocycles. The Morgan fingerprint density at radius 2 is 1.88 bits per heavy atom. The third-order valence-electron chi connectivity index (χ3n) is 11.8. The Labute approximate surface area is 325 Å². The van der Waals surface area contributed by atoms with Crippen molar-refractivity contribution >= 4 is 57.8 Å². The minimum Gasteiger partial charge on any atom is -0.385 e. The minimum absolute atomic E-state index is 0.195. The zero-order valence-electron chi connectivity index (χ0n) is 30.6. The average Bonchev–Trinajstić information content (AvgIpc) is 3.80. The van der Waals surface area contributed by atoms with Gasteiger partial charge in [-0.05, 0) is 66.3 Å². The highest BCUT2D eigenvalue weighted by Crippen LogP contribution is 2.51. The normalized spacial score (nSPS) is 20.2. The van der Waals surface area contributed by atoms with Gasteiger partial charge in [-0.1, -0.05) is 29.8 Å². The summed E-state index contributed by atoms with van der Waals surface area (Å²) in [6, 6.07) is 17.1. The lowest BCUT2D eigenvalue weighted by Crippen LogP contribution is -2.69. The molecule has 0 radical (unpaired) electrons. The third-order valence-corrected chi connectivity index (χ3v) is 12.2. The molecule has 16 heteroatoms. The SMILES string of the molecule is CNc1cc(N2CCc3c(-c4ccc(CN5CC6(CCN(c7ccc(Cl)c(C8CCC(=O)NC8=O)c7)CC6(F)F)C5)cn4)cccc32)nn2c(C(N)=O)cnc12. The molecule has 4 aliphatic rings. The number of amides is 3. The molecular weight excluding hydrogens is 742 g/mol. The second-order valence-corrected chi connectivity index (χ2v) is 15.6. The van der Waals surface area contributed by atoms with Crippen LogP contribution in [0.2, 0.25) is 5.02 Å². The maximum atomic E-state index is 16.0. The third kappa shape index (κ3) is 6.00. The molecule has 3 aromatic heterocycles. The Morgan fingerprint density at radius 1 is 1.04 bits per heavy atom. The van der Waals surface area contributed by atoms with Gasteiger partial charge in [-0.2, -0.15) is 0 Å². The number of imide groups is 1. The lowest BCUT2D eigenvalue weighted by Gasteiger charge is -2.57. The molecule has 1 unspecified atom stereocenters. The molecule has 0 aliphatic carbocycles. The van der Waals surface area contributed by atoms with Crippen molar-refractivity contribution in [2.24, 2.45) is 11.1 Å². The summed E-state index contributed by atoms with van der Waals surface area (Å²) in [7, 11) is 1.79. The van der Waals surface area contributed by atoms with Gasteiger partial charge in [0.2, 0.25) is 11.8 Å². The highest BCUT2D eigenvalue weighted by Gasteiger charge is 2.62. The number of imidazole rings is 1. The Hall–Kier alpha value is -5.67. The first kappa shape index (κ1) is 36.0. The van der Waals surface area contributed by atoms with Gasteiger partial charge in [-0.25, -0.2) is 18.3 Å². The summed E-state index contributed by atoms with van der Waals surface area (Å²) >= 11 is 6.45. The monoisotopic (exact) mass is 780 g/mol. The number of nitrogens with one attached hydrogen (secondary N) is 2. The van der Waals surface area contributed by atoms with Crippen LogP contribution in [0, 0.1) is 5.41 Å². The van der Waals surface area contributed by atoms with E-state index in [1.54, 1.807) is 30.1 Å². The molecule has 2 aromatic carbocycles. The fourth-order valence-electron chi connectivity index (χ4n) is 8.82. The van der Waals surface area contributed by atoms with Crippen molar-refractivity contribution in [2.75, 3.05) is 54.9 Å². The number of likely N-dealkylation sites (tertiary alicyclic amines) is 1. The van der Waals surface area contributed by atoms with Gasteiger partial charge < -0.3 is 20.9 Å². The fourth-order valence-corrected chi connectivity index (χ4v) is 9.07. The number of carbonyl (C=O) groups is 3. The van der Waals surface area contributed by atoms with Crippen molar-refractivity contribution in [2.45, 2.75) is 44.1 Å². The molecule has 4 aliphatic heterocycles. The van der Waals surface area contributed by atoms with Gasteiger partial charge in [0.15, 0.2) is 11.5 Å². The van der Waals surface area contributed by atoms with Crippen LogP contribution in [0.3, 0.4) is 0 Å². The number of anilines is 4. The van der Waals surface area contributed by atoms with E-state index < -0.39 is 35.6 Å². The van der Waals surface area contributed by atoms with Gasteiger partial charge in [0.05, 0.1) is 35.5 Å². The predicted molar refractivity (Wildman–Crippen MR) is 207 cm³/mol. The predicted octanol–water partition coefficient (Wildman–Crippen LogP) is 5.15. The number of nitrogens with two attached hydrogens (primary N) is 1. The molecule has 9 rings (SSSR count). The van der Waals surface area contributed by atoms with Gasteiger partial charge >= 0.3 is 0 Å². The second kappa shape index (κ2) is 13.5. The maximum absolute atomic E-state index is 16.0. The van der Waals surface area contributed by atoms with Crippen LogP contribution in [0.4, 0.5) is 31.7 Å². The Morgan fingerprint density at radius 3 is 2.61 bits per heavy atom. The van der Waals surface area contributed by atoms with E-state index in [0.29, 0.717) is 65.9 Å². The molecule has 56 heavy (non-hydrogen) atoms. The van der Waals surface area contributed by atoms with E-state index in [9.17, 15) is 14.4 Å². The number of primary amides is 1. The Bertz CT molecular complexity index is 2420. The number of hydrogen-bond donors (Lipinski definition) is 3. The summed E-state index contributed by atoms with van der Waals surface area (Å²) in [4.78, 5) is 51.2. The number of alkyl halides is 2. The molecule has 3 fully saturated rings. The first-order valence-electron chi connectivity index (χ1n) is 18.6. The van der Waals surface area contributed by atoms with Gasteiger partial charge in [-0.3, -0.25) is 29.6 Å². The van der Waals surface area contributed by atoms with E-state index in [4.69, 9.17) is 27.4 Å². The van der Waals surface area contributed by atoms with Gasteiger partial charge in [-0.15, -0.1) is 5.10 Å². The smallest absolute Gasteiger partial charge is 0.273 e. The lowest BCUT2D eigenvalue weighted by atomic mass is 9.69. The van der Waals surface area contributed by atoms with E-state index in [0.717, 1.165) is 34.5 Å². The fraction of sp³-hybridized carbons (Fsp3) is 0.350. The molecular formula is C40H39ClF2N10O3. The van der Waals surface area contributed by atoms with Crippen molar-refractivity contribution in [3.05, 3.63) is 94.4 Å². The number of pyridine rings is 1. The number of hydrogen-bond acceptors (Lipinski definition) is 10. The molecule has 5 aromatic rings. The number of benzene rings is 2. The number of carbonyl (C=O) groups excluding carboxylic acids is 3. The zero-order chi connectivity index (χ0) is 38.9. The summed E-state index contributed by atoms with van der Waals surface area (Å²) in [6.07, 6.45) is 4.87. The summed E-state index contributed by atoms with van der Waals surface area (Å²) < 4.78 is 33.4. The number of rotatable bonds is 8. The average molecular weight is 781 g/mol. The first-order valence-corrected chi connectivity index (χ1v) is 19.0. The topological polar surface area (TPSA) is 154 Å². The minimum atomic E-state index is -2.93. The highest BCUT2D eigenvalue weighted by molar-refractivity contribution is 6.31. The molecule has 0 bridgehead atoms. The Balaban J connectivity index is 0.860.